The van der Waals surface area contributed by atoms with Crippen molar-refractivity contribution >= 4 is 39.9 Å². The van der Waals surface area contributed by atoms with E-state index < -0.39 is 11.1 Å². The fraction of sp³-hybridized carbons (Fsp3) is 0.158. The van der Waals surface area contributed by atoms with Crippen molar-refractivity contribution in [3.05, 3.63) is 60.2 Å². The predicted octanol–water partition coefficient (Wildman–Crippen LogP) is 3.84. The minimum atomic E-state index is -0.463. The molecule has 8 heteroatoms. The predicted molar refractivity (Wildman–Crippen MR) is 103 cm³/mol. The van der Waals surface area contributed by atoms with E-state index in [-0.39, 0.29) is 5.91 Å². The number of rotatable bonds is 4. The van der Waals surface area contributed by atoms with Crippen molar-refractivity contribution in [3.8, 4) is 0 Å². The summed E-state index contributed by atoms with van der Waals surface area (Å²) >= 11 is 1.28. The van der Waals surface area contributed by atoms with Crippen LogP contribution in [0.4, 0.5) is 10.1 Å². The molecule has 136 valence electrons. The molecule has 1 amide bonds. The van der Waals surface area contributed by atoms with E-state index >= 15 is 0 Å². The van der Waals surface area contributed by atoms with E-state index in [9.17, 15) is 9.18 Å². The summed E-state index contributed by atoms with van der Waals surface area (Å²) in [5.74, 6) is -0.0125. The van der Waals surface area contributed by atoms with Gasteiger partial charge in [0.15, 0.2) is 10.8 Å². The molecule has 1 N–H and O–H groups in total. The first-order valence-electron chi connectivity index (χ1n) is 8.36. The molecule has 1 atom stereocenters. The molecule has 0 aliphatic carbocycles. The standard InChI is InChI=1S/C19H16FN5OS/c1-11(18(26)22-14-7-5-6-13(20)10-14)27-19-23-16-9-4-3-8-15(16)17-21-12(2)24-25(17)19/h3-11H,1-2H3,(H,22,26). The number of hydrogen-bond acceptors (Lipinski definition) is 5. The number of anilines is 1. The van der Waals surface area contributed by atoms with E-state index in [2.05, 4.69) is 20.4 Å². The monoisotopic (exact) mass is 381 g/mol. The molecule has 1 unspecified atom stereocenters. The minimum absolute atomic E-state index is 0.245. The lowest BCUT2D eigenvalue weighted by atomic mass is 10.2. The van der Waals surface area contributed by atoms with Crippen molar-refractivity contribution in [1.29, 1.82) is 0 Å². The summed E-state index contributed by atoms with van der Waals surface area (Å²) in [6, 6.07) is 13.5. The lowest BCUT2D eigenvalue weighted by Gasteiger charge is -2.12. The molecule has 27 heavy (non-hydrogen) atoms. The van der Waals surface area contributed by atoms with Crippen LogP contribution in [-0.2, 0) is 4.79 Å². The maximum atomic E-state index is 13.3. The zero-order valence-corrected chi connectivity index (χ0v) is 15.5. The largest absolute Gasteiger partial charge is 0.325 e. The van der Waals surface area contributed by atoms with Gasteiger partial charge in [0.05, 0.1) is 10.8 Å². The van der Waals surface area contributed by atoms with Gasteiger partial charge in [0.2, 0.25) is 5.91 Å². The molecule has 4 aromatic rings. The number of aryl methyl sites for hydroxylation is 1. The number of hydrogen-bond donors (Lipinski definition) is 1. The van der Waals surface area contributed by atoms with E-state index in [0.29, 0.717) is 22.3 Å². The Bertz CT molecular complexity index is 1160. The van der Waals surface area contributed by atoms with Crippen LogP contribution < -0.4 is 5.32 Å². The Hall–Kier alpha value is -3.00. The number of para-hydroxylation sites is 1. The highest BCUT2D eigenvalue weighted by Gasteiger charge is 2.20. The van der Waals surface area contributed by atoms with Crippen molar-refractivity contribution < 1.29 is 9.18 Å². The summed E-state index contributed by atoms with van der Waals surface area (Å²) < 4.78 is 15.0. The van der Waals surface area contributed by atoms with Gasteiger partial charge in [0.25, 0.3) is 0 Å². The average molecular weight is 381 g/mol. The van der Waals surface area contributed by atoms with Crippen molar-refractivity contribution in [1.82, 2.24) is 19.6 Å². The lowest BCUT2D eigenvalue weighted by Crippen LogP contribution is -2.23. The zero-order chi connectivity index (χ0) is 19.0. The Kier molecular flexibility index (Phi) is 4.49. The van der Waals surface area contributed by atoms with Crippen LogP contribution in [0.25, 0.3) is 16.6 Å². The Balaban J connectivity index is 1.64. The second-order valence-corrected chi connectivity index (χ2v) is 7.37. The summed E-state index contributed by atoms with van der Waals surface area (Å²) in [6.07, 6.45) is 0. The van der Waals surface area contributed by atoms with Gasteiger partial charge in [-0.05, 0) is 44.2 Å². The Morgan fingerprint density at radius 2 is 2.00 bits per heavy atom. The smallest absolute Gasteiger partial charge is 0.237 e. The van der Waals surface area contributed by atoms with Gasteiger partial charge in [-0.15, -0.1) is 5.10 Å². The Labute approximate surface area is 158 Å². The second-order valence-electron chi connectivity index (χ2n) is 6.07. The summed E-state index contributed by atoms with van der Waals surface area (Å²) in [5, 5.41) is 8.15. The normalized spacial score (nSPS) is 12.4. The second kappa shape index (κ2) is 6.96. The van der Waals surface area contributed by atoms with Gasteiger partial charge in [0, 0.05) is 11.1 Å². The van der Waals surface area contributed by atoms with Gasteiger partial charge in [-0.2, -0.15) is 4.52 Å². The number of aromatic nitrogens is 4. The van der Waals surface area contributed by atoms with E-state index in [4.69, 9.17) is 0 Å². The van der Waals surface area contributed by atoms with Crippen LogP contribution in [0.15, 0.2) is 53.7 Å². The maximum Gasteiger partial charge on any atom is 0.237 e. The summed E-state index contributed by atoms with van der Waals surface area (Å²) in [4.78, 5) is 21.6. The zero-order valence-electron chi connectivity index (χ0n) is 14.7. The van der Waals surface area contributed by atoms with Gasteiger partial charge < -0.3 is 5.32 Å². The van der Waals surface area contributed by atoms with E-state index in [1.54, 1.807) is 23.6 Å². The highest BCUT2D eigenvalue weighted by Crippen LogP contribution is 2.27. The van der Waals surface area contributed by atoms with Gasteiger partial charge in [-0.1, -0.05) is 30.0 Å². The van der Waals surface area contributed by atoms with Crippen LogP contribution in [0.1, 0.15) is 12.7 Å². The number of benzene rings is 2. The van der Waals surface area contributed by atoms with Crippen LogP contribution in [-0.4, -0.2) is 30.7 Å². The maximum absolute atomic E-state index is 13.3. The van der Waals surface area contributed by atoms with Crippen LogP contribution in [0, 0.1) is 12.7 Å². The number of carbonyl (C=O) groups excluding carboxylic acids is 1. The molecule has 0 saturated carbocycles. The van der Waals surface area contributed by atoms with Crippen molar-refractivity contribution in [2.45, 2.75) is 24.3 Å². The molecule has 2 aromatic heterocycles. The molecule has 2 heterocycles. The number of halogens is 1. The summed E-state index contributed by atoms with van der Waals surface area (Å²) in [6.45, 7) is 3.59. The summed E-state index contributed by atoms with van der Waals surface area (Å²) in [7, 11) is 0. The van der Waals surface area contributed by atoms with Gasteiger partial charge in [-0.3, -0.25) is 4.79 Å². The number of thioether (sulfide) groups is 1. The van der Waals surface area contributed by atoms with Gasteiger partial charge in [0.1, 0.15) is 11.6 Å². The number of nitrogens with zero attached hydrogens (tertiary/aromatic N) is 4. The highest BCUT2D eigenvalue weighted by molar-refractivity contribution is 8.00. The van der Waals surface area contributed by atoms with Crippen molar-refractivity contribution in [2.24, 2.45) is 0 Å². The fourth-order valence-corrected chi connectivity index (χ4v) is 3.59. The molecule has 0 aliphatic rings. The molecule has 2 aromatic carbocycles. The summed E-state index contributed by atoms with van der Waals surface area (Å²) in [5.41, 5.74) is 1.91. The molecular formula is C19H16FN5OS. The quantitative estimate of drug-likeness (QED) is 0.429. The first-order chi connectivity index (χ1) is 13.0. The average Bonchev–Trinajstić information content (AvgIpc) is 3.04. The van der Waals surface area contributed by atoms with E-state index in [1.807, 2.05) is 31.2 Å². The van der Waals surface area contributed by atoms with Crippen molar-refractivity contribution in [3.63, 3.8) is 0 Å². The molecule has 0 bridgehead atoms. The SMILES string of the molecule is Cc1nc2c3ccccc3nc(SC(C)C(=O)Nc3cccc(F)c3)n2n1. The van der Waals surface area contributed by atoms with Gasteiger partial charge >= 0.3 is 0 Å². The van der Waals surface area contributed by atoms with Crippen LogP contribution in [0.3, 0.4) is 0 Å². The number of carbonyl (C=O) groups is 1. The number of fused-ring (bicyclic) bond motifs is 3. The Morgan fingerprint density at radius 3 is 2.81 bits per heavy atom. The Morgan fingerprint density at radius 1 is 1.19 bits per heavy atom. The molecular weight excluding hydrogens is 365 g/mol. The van der Waals surface area contributed by atoms with Gasteiger partial charge in [-0.25, -0.2) is 14.4 Å². The minimum Gasteiger partial charge on any atom is -0.325 e. The topological polar surface area (TPSA) is 72.2 Å². The molecule has 0 fully saturated rings. The molecule has 0 radical (unpaired) electrons. The molecule has 6 nitrogen and oxygen atoms in total. The van der Waals surface area contributed by atoms with Crippen LogP contribution >= 0.6 is 11.8 Å². The first-order valence-corrected chi connectivity index (χ1v) is 9.24. The highest BCUT2D eigenvalue weighted by atomic mass is 32.2. The molecule has 4 rings (SSSR count). The first kappa shape index (κ1) is 17.4. The van der Waals surface area contributed by atoms with Crippen LogP contribution in [0.2, 0.25) is 0 Å². The van der Waals surface area contributed by atoms with E-state index in [1.165, 1.54) is 23.9 Å². The number of nitrogens with one attached hydrogen (secondary N) is 1. The third kappa shape index (κ3) is 3.48. The molecule has 0 aliphatic heterocycles. The lowest BCUT2D eigenvalue weighted by molar-refractivity contribution is -0.115. The third-order valence-corrected chi connectivity index (χ3v) is 5.04. The number of amides is 1. The van der Waals surface area contributed by atoms with Crippen molar-refractivity contribution in [2.75, 3.05) is 5.32 Å². The fourth-order valence-electron chi connectivity index (χ4n) is 2.73. The molecule has 0 spiro atoms. The third-order valence-electron chi connectivity index (χ3n) is 4.00. The van der Waals surface area contributed by atoms with Crippen LogP contribution in [0.5, 0.6) is 0 Å². The van der Waals surface area contributed by atoms with E-state index in [0.717, 1.165) is 10.9 Å². The molecule has 0 saturated heterocycles.